The molecule has 0 bridgehead atoms. The second-order valence-electron chi connectivity index (χ2n) is 3.09. The molecular weight excluding hydrogens is 190 g/mol. The molecule has 0 amide bonds. The number of unbranched alkanes of at least 4 members (excludes halogenated alkanes) is 1. The van der Waals surface area contributed by atoms with Gasteiger partial charge in [-0.1, -0.05) is 0 Å². The summed E-state index contributed by atoms with van der Waals surface area (Å²) >= 11 is 0. The van der Waals surface area contributed by atoms with Crippen LogP contribution < -0.4 is 0 Å². The van der Waals surface area contributed by atoms with Gasteiger partial charge >= 0.3 is 5.97 Å². The van der Waals surface area contributed by atoms with Crippen LogP contribution in [0.1, 0.15) is 28.9 Å². The fraction of sp³-hybridized carbons (Fsp3) is 0.333. The number of carbonyl (C=O) groups excluding carboxylic acids is 1. The number of ether oxygens (including phenoxy) is 1. The number of carbonyl (C=O) groups is 1. The molecule has 3 heteroatoms. The first-order chi connectivity index (χ1) is 7.27. The van der Waals surface area contributed by atoms with Crippen LogP contribution in [0.25, 0.3) is 0 Å². The van der Waals surface area contributed by atoms with Crippen LogP contribution in [0.5, 0.6) is 0 Å². The first kappa shape index (κ1) is 11.3. The van der Waals surface area contributed by atoms with Gasteiger partial charge in [-0.25, -0.2) is 4.79 Å². The molecule has 0 aliphatic rings. The van der Waals surface area contributed by atoms with E-state index < -0.39 is 0 Å². The maximum absolute atomic E-state index is 11.1. The molecule has 0 unspecified atom stereocenters. The smallest absolute Gasteiger partial charge is 0.339 e. The topological polar surface area (TPSA) is 39.2 Å². The molecule has 1 rings (SSSR count). The SMILES string of the molecule is C#CCCCc1ccc(C(=O)OC)cn1. The van der Waals surface area contributed by atoms with Gasteiger partial charge in [0.2, 0.25) is 0 Å². The van der Waals surface area contributed by atoms with Crippen molar-refractivity contribution in [2.24, 2.45) is 0 Å². The predicted molar refractivity (Wildman–Crippen MR) is 57.3 cm³/mol. The molecule has 1 aromatic heterocycles. The number of pyridine rings is 1. The van der Waals surface area contributed by atoms with Crippen LogP contribution in [0.3, 0.4) is 0 Å². The summed E-state index contributed by atoms with van der Waals surface area (Å²) in [5.41, 5.74) is 1.41. The molecule has 1 heterocycles. The Kier molecular flexibility index (Phi) is 4.36. The first-order valence-corrected chi connectivity index (χ1v) is 4.74. The lowest BCUT2D eigenvalue weighted by atomic mass is 10.1. The number of esters is 1. The lowest BCUT2D eigenvalue weighted by Crippen LogP contribution is -2.02. The predicted octanol–water partition coefficient (Wildman–Crippen LogP) is 1.82. The quantitative estimate of drug-likeness (QED) is 0.425. The van der Waals surface area contributed by atoms with E-state index in [1.807, 2.05) is 6.07 Å². The number of nitrogens with zero attached hydrogens (tertiary/aromatic N) is 1. The highest BCUT2D eigenvalue weighted by molar-refractivity contribution is 5.88. The summed E-state index contributed by atoms with van der Waals surface area (Å²) in [7, 11) is 1.35. The van der Waals surface area contributed by atoms with Crippen LogP contribution in [0.4, 0.5) is 0 Å². The highest BCUT2D eigenvalue weighted by atomic mass is 16.5. The van der Waals surface area contributed by atoms with Crippen molar-refractivity contribution in [3.8, 4) is 12.3 Å². The van der Waals surface area contributed by atoms with Crippen LogP contribution in [-0.2, 0) is 11.2 Å². The molecule has 0 fully saturated rings. The van der Waals surface area contributed by atoms with Gasteiger partial charge in [-0.3, -0.25) is 4.98 Å². The van der Waals surface area contributed by atoms with Crippen molar-refractivity contribution in [1.82, 2.24) is 4.98 Å². The van der Waals surface area contributed by atoms with Crippen LogP contribution in [0.15, 0.2) is 18.3 Å². The zero-order valence-corrected chi connectivity index (χ0v) is 8.69. The molecule has 0 aliphatic heterocycles. The molecule has 0 atom stereocenters. The molecule has 15 heavy (non-hydrogen) atoms. The van der Waals surface area contributed by atoms with Gasteiger partial charge in [-0.2, -0.15) is 0 Å². The van der Waals surface area contributed by atoms with Crippen molar-refractivity contribution in [2.45, 2.75) is 19.3 Å². The number of aromatic nitrogens is 1. The standard InChI is InChI=1S/C12H13NO2/c1-3-4-5-6-11-8-7-10(9-13-11)12(14)15-2/h1,7-9H,4-6H2,2H3. The number of hydrogen-bond donors (Lipinski definition) is 0. The van der Waals surface area contributed by atoms with Gasteiger partial charge in [0.1, 0.15) is 0 Å². The summed E-state index contributed by atoms with van der Waals surface area (Å²) in [4.78, 5) is 15.2. The lowest BCUT2D eigenvalue weighted by Gasteiger charge is -2.00. The molecule has 0 saturated heterocycles. The summed E-state index contributed by atoms with van der Waals surface area (Å²) in [6.07, 6.45) is 9.17. The van der Waals surface area contributed by atoms with Gasteiger partial charge < -0.3 is 4.74 Å². The van der Waals surface area contributed by atoms with Gasteiger partial charge in [0.25, 0.3) is 0 Å². The van der Waals surface area contributed by atoms with E-state index in [1.165, 1.54) is 13.3 Å². The van der Waals surface area contributed by atoms with E-state index in [-0.39, 0.29) is 5.97 Å². The monoisotopic (exact) mass is 203 g/mol. The van der Waals surface area contributed by atoms with Crippen molar-refractivity contribution < 1.29 is 9.53 Å². The zero-order valence-electron chi connectivity index (χ0n) is 8.69. The van der Waals surface area contributed by atoms with Gasteiger partial charge in [0, 0.05) is 18.3 Å². The van der Waals surface area contributed by atoms with Gasteiger partial charge in [0.05, 0.1) is 12.7 Å². The molecule has 0 aliphatic carbocycles. The molecule has 0 N–H and O–H groups in total. The summed E-state index contributed by atoms with van der Waals surface area (Å²) < 4.78 is 4.57. The molecule has 0 spiro atoms. The maximum Gasteiger partial charge on any atom is 0.339 e. The normalized spacial score (nSPS) is 9.33. The Labute approximate surface area is 89.5 Å². The van der Waals surface area contributed by atoms with Crippen LogP contribution in [-0.4, -0.2) is 18.1 Å². The molecule has 1 aromatic rings. The molecule has 78 valence electrons. The number of methoxy groups -OCH3 is 1. The average Bonchev–Trinajstić information content (AvgIpc) is 2.29. The van der Waals surface area contributed by atoms with Gasteiger partial charge in [-0.05, 0) is 25.0 Å². The Morgan fingerprint density at radius 3 is 2.93 bits per heavy atom. The van der Waals surface area contributed by atoms with Crippen LogP contribution >= 0.6 is 0 Å². The summed E-state index contributed by atoms with van der Waals surface area (Å²) in [5, 5.41) is 0. The molecule has 0 saturated carbocycles. The Morgan fingerprint density at radius 2 is 2.40 bits per heavy atom. The summed E-state index contributed by atoms with van der Waals surface area (Å²) in [5.74, 6) is 2.21. The van der Waals surface area contributed by atoms with E-state index in [0.29, 0.717) is 5.56 Å². The van der Waals surface area contributed by atoms with E-state index in [9.17, 15) is 4.79 Å². The molecule has 0 aromatic carbocycles. The highest BCUT2D eigenvalue weighted by Gasteiger charge is 2.04. The zero-order chi connectivity index (χ0) is 11.1. The second-order valence-corrected chi connectivity index (χ2v) is 3.09. The molecule has 3 nitrogen and oxygen atoms in total. The maximum atomic E-state index is 11.1. The minimum atomic E-state index is -0.363. The minimum absolute atomic E-state index is 0.363. The van der Waals surface area contributed by atoms with Crippen LogP contribution in [0, 0.1) is 12.3 Å². The van der Waals surface area contributed by atoms with Crippen LogP contribution in [0.2, 0.25) is 0 Å². The van der Waals surface area contributed by atoms with E-state index in [0.717, 1.165) is 25.0 Å². The van der Waals surface area contributed by atoms with E-state index in [2.05, 4.69) is 15.6 Å². The Hall–Kier alpha value is -1.82. The van der Waals surface area contributed by atoms with Crippen molar-refractivity contribution >= 4 is 5.97 Å². The lowest BCUT2D eigenvalue weighted by molar-refractivity contribution is 0.0600. The fourth-order valence-electron chi connectivity index (χ4n) is 1.18. The van der Waals surface area contributed by atoms with Crippen molar-refractivity contribution in [3.05, 3.63) is 29.6 Å². The average molecular weight is 203 g/mol. The second kappa shape index (κ2) is 5.82. The van der Waals surface area contributed by atoms with E-state index >= 15 is 0 Å². The highest BCUT2D eigenvalue weighted by Crippen LogP contribution is 2.05. The number of aryl methyl sites for hydroxylation is 1. The summed E-state index contributed by atoms with van der Waals surface area (Å²) in [6, 6.07) is 3.53. The third-order valence-corrected chi connectivity index (χ3v) is 2.00. The third-order valence-electron chi connectivity index (χ3n) is 2.00. The van der Waals surface area contributed by atoms with Crippen molar-refractivity contribution in [2.75, 3.05) is 7.11 Å². The molecule has 0 radical (unpaired) electrons. The fourth-order valence-corrected chi connectivity index (χ4v) is 1.18. The Balaban J connectivity index is 2.57. The van der Waals surface area contributed by atoms with Crippen molar-refractivity contribution in [1.29, 1.82) is 0 Å². The first-order valence-electron chi connectivity index (χ1n) is 4.74. The number of rotatable bonds is 4. The summed E-state index contributed by atoms with van der Waals surface area (Å²) in [6.45, 7) is 0. The van der Waals surface area contributed by atoms with Gasteiger partial charge in [-0.15, -0.1) is 12.3 Å². The largest absolute Gasteiger partial charge is 0.465 e. The Morgan fingerprint density at radius 1 is 1.60 bits per heavy atom. The number of terminal acetylenes is 1. The number of hydrogen-bond acceptors (Lipinski definition) is 3. The van der Waals surface area contributed by atoms with E-state index in [1.54, 1.807) is 6.07 Å². The minimum Gasteiger partial charge on any atom is -0.465 e. The van der Waals surface area contributed by atoms with Crippen molar-refractivity contribution in [3.63, 3.8) is 0 Å². The van der Waals surface area contributed by atoms with E-state index in [4.69, 9.17) is 6.42 Å². The third kappa shape index (κ3) is 3.43. The molecular formula is C12H13NO2. The Bertz CT molecular complexity index is 362. The van der Waals surface area contributed by atoms with Gasteiger partial charge in [0.15, 0.2) is 0 Å².